The van der Waals surface area contributed by atoms with E-state index in [1.165, 1.54) is 18.0 Å². The quantitative estimate of drug-likeness (QED) is 0.522. The van der Waals surface area contributed by atoms with Crippen molar-refractivity contribution in [2.24, 2.45) is 0 Å². The molecule has 4 heterocycles. The number of fused-ring (bicyclic) bond motifs is 2. The number of rotatable bonds is 4. The van der Waals surface area contributed by atoms with E-state index in [-0.39, 0.29) is 17.0 Å². The molecule has 0 saturated carbocycles. The largest absolute Gasteiger partial charge is 0.305 e. The second-order valence-electron chi connectivity index (χ2n) is 6.39. The summed E-state index contributed by atoms with van der Waals surface area (Å²) in [6.45, 7) is 3.94. The van der Waals surface area contributed by atoms with Crippen LogP contribution in [0.15, 0.2) is 45.1 Å². The maximum Gasteiger partial charge on any atom is 0.263 e. The summed E-state index contributed by atoms with van der Waals surface area (Å²) in [5.41, 5.74) is 2.61. The molecule has 9 heteroatoms. The van der Waals surface area contributed by atoms with Gasteiger partial charge < -0.3 is 9.97 Å². The van der Waals surface area contributed by atoms with Crippen LogP contribution >= 0.6 is 11.8 Å². The molecule has 0 radical (unpaired) electrons. The summed E-state index contributed by atoms with van der Waals surface area (Å²) in [6, 6.07) is 5.45. The molecule has 27 heavy (non-hydrogen) atoms. The molecule has 8 nitrogen and oxygen atoms in total. The van der Waals surface area contributed by atoms with Crippen LogP contribution in [0.2, 0.25) is 0 Å². The summed E-state index contributed by atoms with van der Waals surface area (Å²) in [4.78, 5) is 38.6. The fourth-order valence-electron chi connectivity index (χ4n) is 2.74. The maximum atomic E-state index is 12.2. The highest BCUT2D eigenvalue weighted by atomic mass is 32.2. The van der Waals surface area contributed by atoms with Crippen LogP contribution in [0.25, 0.3) is 22.2 Å². The summed E-state index contributed by atoms with van der Waals surface area (Å²) in [6.07, 6.45) is 3.11. The normalized spacial score (nSPS) is 11.5. The number of pyridine rings is 2. The van der Waals surface area contributed by atoms with Gasteiger partial charge in [0.05, 0.1) is 10.6 Å². The molecule has 0 fully saturated rings. The Kier molecular flexibility index (Phi) is 4.44. The third-order valence-corrected chi connectivity index (χ3v) is 5.18. The van der Waals surface area contributed by atoms with Gasteiger partial charge in [-0.1, -0.05) is 13.8 Å². The third-order valence-electron chi connectivity index (χ3n) is 4.13. The smallest absolute Gasteiger partial charge is 0.263 e. The Hall–Kier alpha value is -3.07. The van der Waals surface area contributed by atoms with Crippen molar-refractivity contribution in [3.8, 4) is 0 Å². The number of thioether (sulfide) groups is 1. The molecule has 0 bridgehead atoms. The Morgan fingerprint density at radius 3 is 2.56 bits per heavy atom. The molecule has 0 amide bonds. The number of hydrogen-bond donors (Lipinski definition) is 2. The predicted molar refractivity (Wildman–Crippen MR) is 104 cm³/mol. The van der Waals surface area contributed by atoms with Crippen LogP contribution in [0, 0.1) is 0 Å². The number of hydrogen-bond acceptors (Lipinski definition) is 7. The zero-order valence-corrected chi connectivity index (χ0v) is 15.5. The lowest BCUT2D eigenvalue weighted by atomic mass is 10.0. The molecule has 4 aromatic rings. The van der Waals surface area contributed by atoms with E-state index in [0.29, 0.717) is 38.7 Å². The topological polar surface area (TPSA) is 117 Å². The Labute approximate surface area is 157 Å². The van der Waals surface area contributed by atoms with Crippen molar-refractivity contribution in [2.75, 3.05) is 0 Å². The lowest BCUT2D eigenvalue weighted by molar-refractivity contribution is 0.845. The van der Waals surface area contributed by atoms with E-state index in [9.17, 15) is 9.59 Å². The van der Waals surface area contributed by atoms with E-state index in [0.717, 1.165) is 5.39 Å². The van der Waals surface area contributed by atoms with Crippen LogP contribution in [0.5, 0.6) is 0 Å². The summed E-state index contributed by atoms with van der Waals surface area (Å²) in [5.74, 6) is 0.579. The van der Waals surface area contributed by atoms with Crippen LogP contribution in [0.4, 0.5) is 0 Å². The van der Waals surface area contributed by atoms with Crippen molar-refractivity contribution >= 4 is 34.0 Å². The molecule has 0 aliphatic carbocycles. The first-order chi connectivity index (χ1) is 13.0. The molecule has 136 valence electrons. The van der Waals surface area contributed by atoms with Gasteiger partial charge in [-0.15, -0.1) is 16.9 Å². The number of aromatic nitrogens is 6. The summed E-state index contributed by atoms with van der Waals surface area (Å²) in [7, 11) is 0. The summed E-state index contributed by atoms with van der Waals surface area (Å²) >= 11 is 1.35. The van der Waals surface area contributed by atoms with E-state index < -0.39 is 0 Å². The van der Waals surface area contributed by atoms with Crippen LogP contribution in [0.1, 0.15) is 31.0 Å². The molecule has 0 saturated heterocycles. The van der Waals surface area contributed by atoms with Gasteiger partial charge in [-0.2, -0.15) is 5.10 Å². The number of nitrogens with zero attached hydrogens (tertiary/aromatic N) is 4. The molecule has 4 rings (SSSR count). The SMILES string of the molecule is CC(C)c1cc2cc(CSc3cc4nccnc4[nH]c3=O)nnc2[nH]c1=O. The zero-order chi connectivity index (χ0) is 19.0. The minimum absolute atomic E-state index is 0.112. The highest BCUT2D eigenvalue weighted by Gasteiger charge is 2.10. The predicted octanol–water partition coefficient (Wildman–Crippen LogP) is 2.37. The van der Waals surface area contributed by atoms with Gasteiger partial charge in [0.15, 0.2) is 11.3 Å². The fourth-order valence-corrected chi connectivity index (χ4v) is 3.56. The van der Waals surface area contributed by atoms with Crippen molar-refractivity contribution in [1.29, 1.82) is 0 Å². The van der Waals surface area contributed by atoms with Gasteiger partial charge in [-0.25, -0.2) is 4.98 Å². The first-order valence-electron chi connectivity index (χ1n) is 8.37. The molecule has 0 atom stereocenters. The second kappa shape index (κ2) is 6.92. The Morgan fingerprint density at radius 1 is 0.963 bits per heavy atom. The molecule has 2 N–H and O–H groups in total. The molecule has 0 spiro atoms. The molecule has 0 unspecified atom stereocenters. The monoisotopic (exact) mass is 380 g/mol. The summed E-state index contributed by atoms with van der Waals surface area (Å²) < 4.78 is 0. The van der Waals surface area contributed by atoms with Crippen molar-refractivity contribution in [3.05, 3.63) is 62.6 Å². The number of H-pyrrole nitrogens is 2. The average molecular weight is 380 g/mol. The van der Waals surface area contributed by atoms with E-state index in [1.807, 2.05) is 26.0 Å². The van der Waals surface area contributed by atoms with Gasteiger partial charge in [0.25, 0.3) is 11.1 Å². The van der Waals surface area contributed by atoms with Gasteiger partial charge >= 0.3 is 0 Å². The van der Waals surface area contributed by atoms with E-state index in [1.54, 1.807) is 12.3 Å². The van der Waals surface area contributed by atoms with Gasteiger partial charge in [-0.05, 0) is 24.1 Å². The Morgan fingerprint density at radius 2 is 1.74 bits per heavy atom. The van der Waals surface area contributed by atoms with Gasteiger partial charge in [0, 0.05) is 29.1 Å². The van der Waals surface area contributed by atoms with Crippen molar-refractivity contribution in [3.63, 3.8) is 0 Å². The minimum Gasteiger partial charge on any atom is -0.305 e. The van der Waals surface area contributed by atoms with Crippen molar-refractivity contribution in [1.82, 2.24) is 30.1 Å². The van der Waals surface area contributed by atoms with Gasteiger partial charge in [0.1, 0.15) is 5.52 Å². The lowest BCUT2D eigenvalue weighted by Gasteiger charge is -2.06. The van der Waals surface area contributed by atoms with Crippen molar-refractivity contribution < 1.29 is 0 Å². The highest BCUT2D eigenvalue weighted by Crippen LogP contribution is 2.22. The standard InChI is InChI=1S/C18H16N6O2S/c1-9(2)12-6-10-5-11(23-24-15(10)21-17(12)25)8-27-14-7-13-16(22-18(14)26)20-4-3-19-13/h3-7,9H,8H2,1-2H3,(H,20,22,26)(H,21,24,25). The Balaban J connectivity index is 1.64. The minimum atomic E-state index is -0.215. The van der Waals surface area contributed by atoms with Gasteiger partial charge in [-0.3, -0.25) is 14.6 Å². The van der Waals surface area contributed by atoms with E-state index in [2.05, 4.69) is 30.1 Å². The summed E-state index contributed by atoms with van der Waals surface area (Å²) in [5, 5.41) is 9.07. The lowest BCUT2D eigenvalue weighted by Crippen LogP contribution is -2.14. The first-order valence-corrected chi connectivity index (χ1v) is 9.36. The zero-order valence-electron chi connectivity index (χ0n) is 14.7. The molecular weight excluding hydrogens is 364 g/mol. The molecule has 0 aromatic carbocycles. The third kappa shape index (κ3) is 3.45. The van der Waals surface area contributed by atoms with Crippen molar-refractivity contribution in [2.45, 2.75) is 30.4 Å². The first kappa shape index (κ1) is 17.3. The van der Waals surface area contributed by atoms with Crippen LogP contribution in [-0.2, 0) is 5.75 Å². The molecule has 0 aliphatic heterocycles. The number of aromatic amines is 2. The second-order valence-corrected chi connectivity index (χ2v) is 7.41. The number of nitrogens with one attached hydrogen (secondary N) is 2. The average Bonchev–Trinajstić information content (AvgIpc) is 2.65. The fraction of sp³-hybridized carbons (Fsp3) is 0.222. The van der Waals surface area contributed by atoms with E-state index >= 15 is 0 Å². The Bertz CT molecular complexity index is 1260. The molecular formula is C18H16N6O2S. The molecule has 0 aliphatic rings. The van der Waals surface area contributed by atoms with Crippen LogP contribution in [0.3, 0.4) is 0 Å². The van der Waals surface area contributed by atoms with Crippen LogP contribution in [-0.4, -0.2) is 30.1 Å². The van der Waals surface area contributed by atoms with Gasteiger partial charge in [0.2, 0.25) is 0 Å². The molecule has 4 aromatic heterocycles. The maximum absolute atomic E-state index is 12.2. The van der Waals surface area contributed by atoms with Crippen LogP contribution < -0.4 is 11.1 Å². The highest BCUT2D eigenvalue weighted by molar-refractivity contribution is 7.98. The van der Waals surface area contributed by atoms with E-state index in [4.69, 9.17) is 0 Å².